The quantitative estimate of drug-likeness (QED) is 0.738. The maximum Gasteiger partial charge on any atom is 0.0426 e. The summed E-state index contributed by atoms with van der Waals surface area (Å²) >= 11 is 2.06. The van der Waals surface area contributed by atoms with E-state index in [0.717, 1.165) is 12.5 Å². The largest absolute Gasteiger partial charge is 0.329 e. The molecule has 0 aromatic rings. The van der Waals surface area contributed by atoms with Crippen LogP contribution in [0.3, 0.4) is 0 Å². The molecule has 2 N–H and O–H groups in total. The normalized spacial score (nSPS) is 34.4. The van der Waals surface area contributed by atoms with Crippen LogP contribution in [0.2, 0.25) is 0 Å². The highest BCUT2D eigenvalue weighted by Crippen LogP contribution is 2.36. The summed E-state index contributed by atoms with van der Waals surface area (Å²) in [5, 5.41) is 0. The molecule has 13 heavy (non-hydrogen) atoms. The molecule has 0 aromatic heterocycles. The zero-order chi connectivity index (χ0) is 9.31. The molecule has 1 aliphatic heterocycles. The topological polar surface area (TPSA) is 29.3 Å². The van der Waals surface area contributed by atoms with Gasteiger partial charge in [0.15, 0.2) is 0 Å². The van der Waals surface area contributed by atoms with Gasteiger partial charge >= 0.3 is 0 Å². The van der Waals surface area contributed by atoms with Gasteiger partial charge in [-0.1, -0.05) is 0 Å². The minimum absolute atomic E-state index is 0.341. The Labute approximate surface area is 85.2 Å². The van der Waals surface area contributed by atoms with Crippen molar-refractivity contribution in [2.24, 2.45) is 11.7 Å². The Morgan fingerprint density at radius 1 is 1.54 bits per heavy atom. The summed E-state index contributed by atoms with van der Waals surface area (Å²) in [4.78, 5) is 2.53. The molecule has 0 bridgehead atoms. The van der Waals surface area contributed by atoms with Crippen molar-refractivity contribution in [1.82, 2.24) is 4.90 Å². The van der Waals surface area contributed by atoms with Crippen molar-refractivity contribution < 1.29 is 0 Å². The number of rotatable bonds is 4. The monoisotopic (exact) mass is 200 g/mol. The average molecular weight is 200 g/mol. The van der Waals surface area contributed by atoms with Crippen LogP contribution in [0.1, 0.15) is 19.3 Å². The van der Waals surface area contributed by atoms with Crippen LogP contribution in [-0.2, 0) is 0 Å². The van der Waals surface area contributed by atoms with Crippen molar-refractivity contribution in [3.05, 3.63) is 0 Å². The molecule has 1 heterocycles. The van der Waals surface area contributed by atoms with Crippen molar-refractivity contribution in [1.29, 1.82) is 0 Å². The Balaban J connectivity index is 1.92. The van der Waals surface area contributed by atoms with E-state index in [0.29, 0.717) is 5.54 Å². The molecule has 1 saturated carbocycles. The standard InChI is InChI=1S/C10H20N2S/c1-12(6-9-2-3-9)10(7-11)4-5-13-8-10/h9H,2-8,11H2,1H3. The van der Waals surface area contributed by atoms with Crippen LogP contribution in [0.5, 0.6) is 0 Å². The van der Waals surface area contributed by atoms with E-state index >= 15 is 0 Å². The van der Waals surface area contributed by atoms with Gasteiger partial charge < -0.3 is 5.73 Å². The minimum atomic E-state index is 0.341. The molecule has 0 radical (unpaired) electrons. The second-order valence-corrected chi connectivity index (χ2v) is 5.66. The van der Waals surface area contributed by atoms with Crippen LogP contribution in [0.15, 0.2) is 0 Å². The van der Waals surface area contributed by atoms with E-state index in [2.05, 4.69) is 23.7 Å². The zero-order valence-corrected chi connectivity index (χ0v) is 9.28. The lowest BCUT2D eigenvalue weighted by molar-refractivity contribution is 0.145. The van der Waals surface area contributed by atoms with Gasteiger partial charge in [0.1, 0.15) is 0 Å². The van der Waals surface area contributed by atoms with Crippen LogP contribution >= 0.6 is 11.8 Å². The molecule has 1 aliphatic carbocycles. The molecule has 1 atom stereocenters. The highest BCUT2D eigenvalue weighted by molar-refractivity contribution is 7.99. The molecule has 2 aliphatic rings. The van der Waals surface area contributed by atoms with Gasteiger partial charge in [-0.3, -0.25) is 4.90 Å². The third kappa shape index (κ3) is 2.03. The average Bonchev–Trinajstić information content (AvgIpc) is 2.83. The van der Waals surface area contributed by atoms with E-state index in [1.54, 1.807) is 0 Å². The van der Waals surface area contributed by atoms with Gasteiger partial charge in [-0.05, 0) is 38.0 Å². The van der Waals surface area contributed by atoms with Crippen LogP contribution in [0.25, 0.3) is 0 Å². The van der Waals surface area contributed by atoms with Crippen LogP contribution in [0.4, 0.5) is 0 Å². The maximum atomic E-state index is 5.91. The molecule has 76 valence electrons. The summed E-state index contributed by atoms with van der Waals surface area (Å²) in [7, 11) is 2.26. The molecule has 0 aromatic carbocycles. The minimum Gasteiger partial charge on any atom is -0.329 e. The smallest absolute Gasteiger partial charge is 0.0426 e. The lowest BCUT2D eigenvalue weighted by Gasteiger charge is -2.37. The van der Waals surface area contributed by atoms with Crippen molar-refractivity contribution in [3.63, 3.8) is 0 Å². The van der Waals surface area contributed by atoms with Gasteiger partial charge in [0, 0.05) is 24.4 Å². The van der Waals surface area contributed by atoms with E-state index < -0.39 is 0 Å². The summed E-state index contributed by atoms with van der Waals surface area (Å²) in [5.74, 6) is 3.53. The fraction of sp³-hybridized carbons (Fsp3) is 1.00. The van der Waals surface area contributed by atoms with Gasteiger partial charge in [0.25, 0.3) is 0 Å². The first-order valence-corrected chi connectivity index (χ1v) is 6.41. The first-order valence-electron chi connectivity index (χ1n) is 5.26. The molecule has 0 spiro atoms. The van der Waals surface area contributed by atoms with Gasteiger partial charge in [0.2, 0.25) is 0 Å². The molecule has 1 unspecified atom stereocenters. The van der Waals surface area contributed by atoms with Gasteiger partial charge in [-0.15, -0.1) is 0 Å². The van der Waals surface area contributed by atoms with E-state index in [-0.39, 0.29) is 0 Å². The number of hydrogen-bond donors (Lipinski definition) is 1. The molecule has 2 nitrogen and oxygen atoms in total. The second-order valence-electron chi connectivity index (χ2n) is 4.55. The van der Waals surface area contributed by atoms with Crippen molar-refractivity contribution in [2.75, 3.05) is 31.6 Å². The first kappa shape index (κ1) is 9.81. The Hall–Kier alpha value is 0.270. The molecular formula is C10H20N2S. The predicted octanol–water partition coefficient (Wildman–Crippen LogP) is 1.16. The van der Waals surface area contributed by atoms with Crippen LogP contribution < -0.4 is 5.73 Å². The van der Waals surface area contributed by atoms with Gasteiger partial charge in [0.05, 0.1) is 0 Å². The van der Waals surface area contributed by atoms with E-state index in [1.807, 2.05) is 0 Å². The summed E-state index contributed by atoms with van der Waals surface area (Å²) in [5.41, 5.74) is 6.25. The summed E-state index contributed by atoms with van der Waals surface area (Å²) in [6, 6.07) is 0. The molecule has 3 heteroatoms. The number of thioether (sulfide) groups is 1. The summed E-state index contributed by atoms with van der Waals surface area (Å²) in [6.07, 6.45) is 4.17. The van der Waals surface area contributed by atoms with E-state index in [4.69, 9.17) is 5.73 Å². The molecule has 0 amide bonds. The fourth-order valence-electron chi connectivity index (χ4n) is 2.10. The van der Waals surface area contributed by atoms with E-state index in [9.17, 15) is 0 Å². The lowest BCUT2D eigenvalue weighted by atomic mass is 9.97. The molecule has 2 fully saturated rings. The Bertz CT molecular complexity index is 174. The Morgan fingerprint density at radius 3 is 2.77 bits per heavy atom. The third-order valence-electron chi connectivity index (χ3n) is 3.50. The lowest BCUT2D eigenvalue weighted by Crippen LogP contribution is -2.52. The van der Waals surface area contributed by atoms with Gasteiger partial charge in [-0.2, -0.15) is 11.8 Å². The third-order valence-corrected chi connectivity index (χ3v) is 4.74. The summed E-state index contributed by atoms with van der Waals surface area (Å²) in [6.45, 7) is 2.11. The number of hydrogen-bond acceptors (Lipinski definition) is 3. The molecule has 2 rings (SSSR count). The summed E-state index contributed by atoms with van der Waals surface area (Å²) < 4.78 is 0. The van der Waals surface area contributed by atoms with Crippen LogP contribution in [-0.4, -0.2) is 42.1 Å². The van der Waals surface area contributed by atoms with Crippen molar-refractivity contribution in [2.45, 2.75) is 24.8 Å². The molecule has 1 saturated heterocycles. The Morgan fingerprint density at radius 2 is 2.31 bits per heavy atom. The number of likely N-dealkylation sites (N-methyl/N-ethyl adjacent to an activating group) is 1. The van der Waals surface area contributed by atoms with Crippen molar-refractivity contribution in [3.8, 4) is 0 Å². The van der Waals surface area contributed by atoms with Crippen molar-refractivity contribution >= 4 is 11.8 Å². The highest BCUT2D eigenvalue weighted by Gasteiger charge is 2.38. The number of nitrogens with two attached hydrogens (primary N) is 1. The zero-order valence-electron chi connectivity index (χ0n) is 8.46. The first-order chi connectivity index (χ1) is 6.27. The van der Waals surface area contributed by atoms with E-state index in [1.165, 1.54) is 37.3 Å². The molecular weight excluding hydrogens is 180 g/mol. The SMILES string of the molecule is CN(CC1CC1)C1(CN)CCSC1. The van der Waals surface area contributed by atoms with Crippen LogP contribution in [0, 0.1) is 5.92 Å². The second kappa shape index (κ2) is 3.79. The maximum absolute atomic E-state index is 5.91. The Kier molecular flexibility index (Phi) is 2.86. The number of nitrogens with zero attached hydrogens (tertiary/aromatic N) is 1. The van der Waals surface area contributed by atoms with Gasteiger partial charge in [-0.25, -0.2) is 0 Å². The fourth-order valence-corrected chi connectivity index (χ4v) is 3.63. The predicted molar refractivity (Wildman–Crippen MR) is 59.1 cm³/mol. The highest BCUT2D eigenvalue weighted by atomic mass is 32.2.